The van der Waals surface area contributed by atoms with Crippen LogP contribution in [0.25, 0.3) is 33.2 Å². The monoisotopic (exact) mass is 489 g/mol. The molecule has 0 saturated carbocycles. The Hall–Kier alpha value is -3.87. The molecule has 0 aliphatic carbocycles. The predicted molar refractivity (Wildman–Crippen MR) is 140 cm³/mol. The molecule has 0 bridgehead atoms. The number of ether oxygens (including phenoxy) is 1. The van der Waals surface area contributed by atoms with E-state index in [2.05, 4.69) is 76.6 Å². The standard InChI is InChI=1S/C30H20BrNO/c31-29-17-21(16-27(19-32)25-14-13-22-6-1-2-8-24(22)18-25)12-15-30(29)33-20-26-10-5-9-23-7-3-4-11-28(23)26/h1-18H,20H2/b27-16-. The van der Waals surface area contributed by atoms with Crippen molar-refractivity contribution in [3.8, 4) is 11.8 Å². The van der Waals surface area contributed by atoms with Gasteiger partial charge in [-0.15, -0.1) is 0 Å². The summed E-state index contributed by atoms with van der Waals surface area (Å²) in [6.07, 6.45) is 1.91. The topological polar surface area (TPSA) is 33.0 Å². The van der Waals surface area contributed by atoms with Crippen LogP contribution in [0, 0.1) is 11.3 Å². The molecule has 5 aromatic rings. The van der Waals surface area contributed by atoms with Gasteiger partial charge in [-0.25, -0.2) is 0 Å². The second-order valence-electron chi connectivity index (χ2n) is 7.85. The van der Waals surface area contributed by atoms with Crippen molar-refractivity contribution in [2.45, 2.75) is 6.61 Å². The Morgan fingerprint density at radius 1 is 0.788 bits per heavy atom. The van der Waals surface area contributed by atoms with Crippen LogP contribution in [0.5, 0.6) is 5.75 Å². The first-order chi connectivity index (χ1) is 16.2. The minimum Gasteiger partial charge on any atom is -0.488 e. The molecule has 0 atom stereocenters. The van der Waals surface area contributed by atoms with Crippen molar-refractivity contribution in [3.63, 3.8) is 0 Å². The molecule has 0 aliphatic heterocycles. The van der Waals surface area contributed by atoms with Crippen molar-refractivity contribution in [2.75, 3.05) is 0 Å². The third-order valence-electron chi connectivity index (χ3n) is 5.71. The number of halogens is 1. The van der Waals surface area contributed by atoms with Crippen LogP contribution in [0.15, 0.2) is 108 Å². The van der Waals surface area contributed by atoms with Crippen molar-refractivity contribution < 1.29 is 4.74 Å². The highest BCUT2D eigenvalue weighted by atomic mass is 79.9. The molecule has 0 unspecified atom stereocenters. The minimum atomic E-state index is 0.482. The molecule has 0 heterocycles. The Morgan fingerprint density at radius 2 is 1.55 bits per heavy atom. The highest BCUT2D eigenvalue weighted by Crippen LogP contribution is 2.30. The Labute approximate surface area is 201 Å². The molecule has 0 amide bonds. The fourth-order valence-corrected chi connectivity index (χ4v) is 4.51. The van der Waals surface area contributed by atoms with E-state index in [0.717, 1.165) is 37.7 Å². The number of nitrogens with zero attached hydrogens (tertiary/aromatic N) is 1. The summed E-state index contributed by atoms with van der Waals surface area (Å²) in [6.45, 7) is 0.482. The van der Waals surface area contributed by atoms with Gasteiger partial charge in [0, 0.05) is 0 Å². The third kappa shape index (κ3) is 4.53. The second-order valence-corrected chi connectivity index (χ2v) is 8.70. The van der Waals surface area contributed by atoms with E-state index in [0.29, 0.717) is 12.2 Å². The lowest BCUT2D eigenvalue weighted by Crippen LogP contribution is -1.97. The molecule has 158 valence electrons. The molecule has 0 saturated heterocycles. The molecule has 0 N–H and O–H groups in total. The summed E-state index contributed by atoms with van der Waals surface area (Å²) in [5, 5.41) is 14.5. The van der Waals surface area contributed by atoms with Crippen LogP contribution in [-0.4, -0.2) is 0 Å². The average Bonchev–Trinajstić information content (AvgIpc) is 2.86. The highest BCUT2D eigenvalue weighted by molar-refractivity contribution is 9.10. The van der Waals surface area contributed by atoms with E-state index in [1.54, 1.807) is 0 Å². The SMILES string of the molecule is N#C/C(=C/c1ccc(OCc2cccc3ccccc23)c(Br)c1)c1ccc2ccccc2c1. The minimum absolute atomic E-state index is 0.482. The summed E-state index contributed by atoms with van der Waals surface area (Å²) in [5.74, 6) is 0.768. The van der Waals surface area contributed by atoms with Crippen LogP contribution in [-0.2, 0) is 6.61 Å². The van der Waals surface area contributed by atoms with E-state index in [1.807, 2.05) is 54.6 Å². The van der Waals surface area contributed by atoms with Gasteiger partial charge in [0.2, 0.25) is 0 Å². The zero-order valence-electron chi connectivity index (χ0n) is 17.8. The smallest absolute Gasteiger partial charge is 0.134 e. The molecule has 0 aliphatic rings. The third-order valence-corrected chi connectivity index (χ3v) is 6.33. The van der Waals surface area contributed by atoms with Gasteiger partial charge in [-0.3, -0.25) is 0 Å². The van der Waals surface area contributed by atoms with E-state index in [9.17, 15) is 5.26 Å². The number of rotatable bonds is 5. The molecule has 0 fully saturated rings. The predicted octanol–water partition coefficient (Wildman–Crippen LogP) is 8.40. The van der Waals surface area contributed by atoms with Crippen molar-refractivity contribution in [3.05, 3.63) is 124 Å². The van der Waals surface area contributed by atoms with E-state index >= 15 is 0 Å². The van der Waals surface area contributed by atoms with Gasteiger partial charge in [0.15, 0.2) is 0 Å². The molecule has 2 nitrogen and oxygen atoms in total. The molecule has 3 heteroatoms. The van der Waals surface area contributed by atoms with Gasteiger partial charge in [-0.05, 0) is 78.4 Å². The number of hydrogen-bond donors (Lipinski definition) is 0. The Balaban J connectivity index is 1.38. The fourth-order valence-electron chi connectivity index (χ4n) is 4.00. The van der Waals surface area contributed by atoms with E-state index in [4.69, 9.17) is 4.74 Å². The number of nitriles is 1. The Morgan fingerprint density at radius 3 is 2.36 bits per heavy atom. The lowest BCUT2D eigenvalue weighted by atomic mass is 10.0. The molecular weight excluding hydrogens is 470 g/mol. The number of fused-ring (bicyclic) bond motifs is 2. The Kier molecular flexibility index (Phi) is 5.93. The average molecular weight is 490 g/mol. The first kappa shape index (κ1) is 21.0. The van der Waals surface area contributed by atoms with Gasteiger partial charge in [0.25, 0.3) is 0 Å². The molecule has 5 rings (SSSR count). The molecule has 0 spiro atoms. The van der Waals surface area contributed by atoms with Gasteiger partial charge in [-0.1, -0.05) is 84.9 Å². The summed E-state index contributed by atoms with van der Waals surface area (Å²) in [4.78, 5) is 0. The fraction of sp³-hybridized carbons (Fsp3) is 0.0333. The van der Waals surface area contributed by atoms with Gasteiger partial charge < -0.3 is 4.74 Å². The summed E-state index contributed by atoms with van der Waals surface area (Å²) in [5.41, 5.74) is 3.61. The summed E-state index contributed by atoms with van der Waals surface area (Å²) in [7, 11) is 0. The van der Waals surface area contributed by atoms with Gasteiger partial charge in [0.05, 0.1) is 16.1 Å². The lowest BCUT2D eigenvalue weighted by Gasteiger charge is -2.11. The zero-order valence-corrected chi connectivity index (χ0v) is 19.4. The van der Waals surface area contributed by atoms with Crippen LogP contribution in [0.1, 0.15) is 16.7 Å². The normalized spacial score (nSPS) is 11.5. The maximum atomic E-state index is 9.78. The number of hydrogen-bond acceptors (Lipinski definition) is 2. The summed E-state index contributed by atoms with van der Waals surface area (Å²) >= 11 is 3.63. The first-order valence-electron chi connectivity index (χ1n) is 10.7. The van der Waals surface area contributed by atoms with Gasteiger partial charge in [-0.2, -0.15) is 5.26 Å². The van der Waals surface area contributed by atoms with E-state index in [1.165, 1.54) is 10.8 Å². The lowest BCUT2D eigenvalue weighted by molar-refractivity contribution is 0.305. The highest BCUT2D eigenvalue weighted by Gasteiger charge is 2.07. The van der Waals surface area contributed by atoms with Crippen LogP contribution >= 0.6 is 15.9 Å². The van der Waals surface area contributed by atoms with Crippen LogP contribution in [0.3, 0.4) is 0 Å². The maximum Gasteiger partial charge on any atom is 0.134 e. The number of allylic oxidation sites excluding steroid dienone is 1. The van der Waals surface area contributed by atoms with Gasteiger partial charge in [0.1, 0.15) is 12.4 Å². The Bertz CT molecular complexity index is 1540. The van der Waals surface area contributed by atoms with Crippen molar-refractivity contribution >= 4 is 49.1 Å². The van der Waals surface area contributed by atoms with E-state index < -0.39 is 0 Å². The van der Waals surface area contributed by atoms with Crippen molar-refractivity contribution in [1.29, 1.82) is 5.26 Å². The molecule has 33 heavy (non-hydrogen) atoms. The molecule has 0 aromatic heterocycles. The first-order valence-corrected chi connectivity index (χ1v) is 11.5. The van der Waals surface area contributed by atoms with Crippen LogP contribution < -0.4 is 4.74 Å². The zero-order chi connectivity index (χ0) is 22.6. The largest absolute Gasteiger partial charge is 0.488 e. The quantitative estimate of drug-likeness (QED) is 0.183. The van der Waals surface area contributed by atoms with Crippen molar-refractivity contribution in [1.82, 2.24) is 0 Å². The van der Waals surface area contributed by atoms with E-state index in [-0.39, 0.29) is 0 Å². The molecule has 0 radical (unpaired) electrons. The van der Waals surface area contributed by atoms with Gasteiger partial charge >= 0.3 is 0 Å². The number of benzene rings is 5. The van der Waals surface area contributed by atoms with Crippen molar-refractivity contribution in [2.24, 2.45) is 0 Å². The second kappa shape index (κ2) is 9.32. The molecular formula is C30H20BrNO. The van der Waals surface area contributed by atoms with Crippen LogP contribution in [0.2, 0.25) is 0 Å². The van der Waals surface area contributed by atoms with Crippen LogP contribution in [0.4, 0.5) is 0 Å². The summed E-state index contributed by atoms with van der Waals surface area (Å²) < 4.78 is 6.97. The summed E-state index contributed by atoms with van der Waals surface area (Å²) in [6, 6.07) is 37.1. The molecule has 5 aromatic carbocycles. The maximum absolute atomic E-state index is 9.78.